The Morgan fingerprint density at radius 2 is 1.75 bits per heavy atom. The van der Waals surface area contributed by atoms with Crippen LogP contribution in [0, 0.1) is 0 Å². The molecule has 0 saturated carbocycles. The molecule has 0 unspecified atom stereocenters. The van der Waals surface area contributed by atoms with Crippen LogP contribution in [0.1, 0.15) is 0 Å². The topological polar surface area (TPSA) is 21.6 Å². The van der Waals surface area contributed by atoms with Crippen LogP contribution in [0.5, 0.6) is 5.75 Å². The lowest BCUT2D eigenvalue weighted by atomic mass is 10.3. The number of methoxy groups -OCH3 is 1. The van der Waals surface area contributed by atoms with Crippen molar-refractivity contribution in [2.24, 2.45) is 4.99 Å². The van der Waals surface area contributed by atoms with Gasteiger partial charge < -0.3 is 4.74 Å². The number of ether oxygens (including phenoxy) is 1. The highest BCUT2D eigenvalue weighted by Crippen LogP contribution is 2.51. The number of benzene rings is 1. The summed E-state index contributed by atoms with van der Waals surface area (Å²) in [5.41, 5.74) is 0.999. The summed E-state index contributed by atoms with van der Waals surface area (Å²) >= 11 is 9.69. The number of aliphatic imine (C=N–C) groups is 1. The quantitative estimate of drug-likeness (QED) is 0.694. The van der Waals surface area contributed by atoms with Crippen molar-refractivity contribution in [1.82, 2.24) is 0 Å². The van der Waals surface area contributed by atoms with Gasteiger partial charge in [0.2, 0.25) is 0 Å². The van der Waals surface area contributed by atoms with Crippen LogP contribution in [0.25, 0.3) is 0 Å². The van der Waals surface area contributed by atoms with Gasteiger partial charge in [0.1, 0.15) is 5.75 Å². The molecule has 2 nitrogen and oxygen atoms in total. The van der Waals surface area contributed by atoms with E-state index in [4.69, 9.17) is 9.73 Å². The van der Waals surface area contributed by atoms with Crippen LogP contribution < -0.4 is 4.74 Å². The highest BCUT2D eigenvalue weighted by atomic mass is 32.3. The molecule has 1 aromatic rings. The first-order valence-corrected chi connectivity index (χ1v) is 10.9. The van der Waals surface area contributed by atoms with Crippen molar-refractivity contribution < 1.29 is 4.74 Å². The van der Waals surface area contributed by atoms with Crippen LogP contribution in [0.15, 0.2) is 37.7 Å². The van der Waals surface area contributed by atoms with Crippen molar-refractivity contribution in [2.75, 3.05) is 23.0 Å². The summed E-state index contributed by atoms with van der Waals surface area (Å²) in [4.78, 5) is 4.75. The summed E-state index contributed by atoms with van der Waals surface area (Å²) in [6, 6.07) is 7.92. The summed E-state index contributed by atoms with van der Waals surface area (Å²) in [5.74, 6) is 1.85. The third kappa shape index (κ3) is 3.88. The minimum Gasteiger partial charge on any atom is -0.497 e. The lowest BCUT2D eigenvalue weighted by molar-refractivity contribution is 0.415. The highest BCUT2D eigenvalue weighted by Gasteiger charge is 2.21. The van der Waals surface area contributed by atoms with Crippen molar-refractivity contribution in [1.29, 1.82) is 0 Å². The van der Waals surface area contributed by atoms with E-state index in [0.717, 1.165) is 22.3 Å². The van der Waals surface area contributed by atoms with E-state index in [9.17, 15) is 0 Å². The second-order valence-corrected chi connectivity index (χ2v) is 10.2. The van der Waals surface area contributed by atoms with Gasteiger partial charge in [-0.3, -0.25) is 0 Å². The van der Waals surface area contributed by atoms with Crippen molar-refractivity contribution in [2.45, 2.75) is 0 Å². The SMILES string of the molecule is COc1ccc(N=C2CSC3=C(SCSCS3)S2)cc1. The van der Waals surface area contributed by atoms with Gasteiger partial charge in [-0.1, -0.05) is 11.8 Å². The average molecular weight is 360 g/mol. The van der Waals surface area contributed by atoms with E-state index in [0.29, 0.717) is 0 Å². The van der Waals surface area contributed by atoms with E-state index in [1.807, 2.05) is 83.1 Å². The van der Waals surface area contributed by atoms with Crippen molar-refractivity contribution in [3.8, 4) is 5.75 Å². The lowest BCUT2D eigenvalue weighted by Gasteiger charge is -2.17. The van der Waals surface area contributed by atoms with Gasteiger partial charge in [0.25, 0.3) is 0 Å². The molecule has 0 saturated heterocycles. The van der Waals surface area contributed by atoms with Crippen molar-refractivity contribution in [3.63, 3.8) is 0 Å². The molecule has 2 heterocycles. The third-order valence-corrected chi connectivity index (χ3v) is 9.54. The molecule has 1 aromatic carbocycles. The molecular formula is C13H13NOS5. The Balaban J connectivity index is 1.74. The summed E-state index contributed by atoms with van der Waals surface area (Å²) in [5, 5.41) is 3.51. The molecule has 0 aliphatic carbocycles. The minimum atomic E-state index is 0.873. The second kappa shape index (κ2) is 7.45. The van der Waals surface area contributed by atoms with Gasteiger partial charge in [0.15, 0.2) is 0 Å². The Hall–Kier alpha value is 0.180. The molecule has 0 fully saturated rings. The first-order chi connectivity index (χ1) is 9.85. The van der Waals surface area contributed by atoms with E-state index in [-0.39, 0.29) is 0 Å². The predicted molar refractivity (Wildman–Crippen MR) is 99.7 cm³/mol. The first kappa shape index (κ1) is 15.1. The number of hydrogen-bond acceptors (Lipinski definition) is 7. The van der Waals surface area contributed by atoms with Crippen LogP contribution in [0.3, 0.4) is 0 Å². The monoisotopic (exact) mass is 359 g/mol. The van der Waals surface area contributed by atoms with Crippen LogP contribution in [0.4, 0.5) is 5.69 Å². The van der Waals surface area contributed by atoms with Gasteiger partial charge in [0, 0.05) is 15.9 Å². The molecule has 0 radical (unpaired) electrons. The Labute approximate surface area is 140 Å². The van der Waals surface area contributed by atoms with Crippen molar-refractivity contribution >= 4 is 69.5 Å². The minimum absolute atomic E-state index is 0.873. The van der Waals surface area contributed by atoms with E-state index in [1.54, 1.807) is 7.11 Å². The zero-order valence-corrected chi connectivity index (χ0v) is 14.9. The standard InChI is InChI=1S/C13H13NOS5/c1-15-10-4-2-9(3-5-10)14-11-6-17-12-13(20-11)19-8-16-7-18-12/h2-5H,6-8H2,1H3. The molecule has 0 aromatic heterocycles. The fraction of sp³-hybridized carbons (Fsp3) is 0.308. The third-order valence-electron chi connectivity index (χ3n) is 2.58. The molecule has 0 spiro atoms. The predicted octanol–water partition coefficient (Wildman–Crippen LogP) is 5.46. The maximum atomic E-state index is 5.17. The number of nitrogens with zero attached hydrogens (tertiary/aromatic N) is 1. The highest BCUT2D eigenvalue weighted by molar-refractivity contribution is 8.40. The van der Waals surface area contributed by atoms with Gasteiger partial charge in [-0.15, -0.1) is 47.0 Å². The summed E-state index contributed by atoms with van der Waals surface area (Å²) < 4.78 is 8.09. The molecule has 0 amide bonds. The average Bonchev–Trinajstić information content (AvgIpc) is 2.73. The maximum Gasteiger partial charge on any atom is 0.119 e. The van der Waals surface area contributed by atoms with Crippen LogP contribution in [-0.4, -0.2) is 28.1 Å². The van der Waals surface area contributed by atoms with E-state index in [2.05, 4.69) is 0 Å². The Morgan fingerprint density at radius 3 is 2.50 bits per heavy atom. The van der Waals surface area contributed by atoms with Crippen molar-refractivity contribution in [3.05, 3.63) is 32.7 Å². The van der Waals surface area contributed by atoms with Gasteiger partial charge in [-0.05, 0) is 24.3 Å². The molecule has 3 rings (SSSR count). The van der Waals surface area contributed by atoms with E-state index < -0.39 is 0 Å². The number of rotatable bonds is 2. The van der Waals surface area contributed by atoms with Gasteiger partial charge in [-0.25, -0.2) is 4.99 Å². The molecule has 2 aliphatic rings. The molecule has 0 bridgehead atoms. The fourth-order valence-electron chi connectivity index (χ4n) is 1.63. The molecule has 2 aliphatic heterocycles. The molecule has 7 heteroatoms. The zero-order chi connectivity index (χ0) is 13.8. The largest absolute Gasteiger partial charge is 0.497 e. The van der Waals surface area contributed by atoms with Gasteiger partial charge >= 0.3 is 0 Å². The Morgan fingerprint density at radius 1 is 1.00 bits per heavy atom. The van der Waals surface area contributed by atoms with Crippen LogP contribution in [0.2, 0.25) is 0 Å². The summed E-state index contributed by atoms with van der Waals surface area (Å²) in [6.07, 6.45) is 0. The van der Waals surface area contributed by atoms with Gasteiger partial charge in [0.05, 0.1) is 26.3 Å². The molecule has 106 valence electrons. The summed E-state index contributed by atoms with van der Waals surface area (Å²) in [6.45, 7) is 0. The maximum absolute atomic E-state index is 5.17. The number of thioether (sulfide) groups is 5. The van der Waals surface area contributed by atoms with Crippen LogP contribution >= 0.6 is 58.8 Å². The lowest BCUT2D eigenvalue weighted by Crippen LogP contribution is -2.02. The van der Waals surface area contributed by atoms with E-state index in [1.165, 1.54) is 18.6 Å². The number of hydrogen-bond donors (Lipinski definition) is 0. The normalized spacial score (nSPS) is 21.6. The van der Waals surface area contributed by atoms with E-state index >= 15 is 0 Å². The molecule has 0 N–H and O–H groups in total. The second-order valence-electron chi connectivity index (χ2n) is 3.90. The zero-order valence-electron chi connectivity index (χ0n) is 10.8. The molecular weight excluding hydrogens is 346 g/mol. The Kier molecular flexibility index (Phi) is 5.62. The molecule has 0 atom stereocenters. The molecule has 20 heavy (non-hydrogen) atoms. The van der Waals surface area contributed by atoms with Gasteiger partial charge in [-0.2, -0.15) is 0 Å². The smallest absolute Gasteiger partial charge is 0.119 e. The first-order valence-electron chi connectivity index (χ1n) is 5.95. The fourth-order valence-corrected chi connectivity index (χ4v) is 8.79. The van der Waals surface area contributed by atoms with Crippen LogP contribution in [-0.2, 0) is 0 Å². The summed E-state index contributed by atoms with van der Waals surface area (Å²) in [7, 11) is 1.68. The Bertz CT molecular complexity index is 540.